The largest absolute Gasteiger partial charge is 0.354 e. The molecule has 1 amide bonds. The Balaban J connectivity index is 2.46. The van der Waals surface area contributed by atoms with Crippen molar-refractivity contribution in [2.45, 2.75) is 44.7 Å². The van der Waals surface area contributed by atoms with E-state index in [1.54, 1.807) is 11.8 Å². The van der Waals surface area contributed by atoms with E-state index < -0.39 is 0 Å². The van der Waals surface area contributed by atoms with Crippen LogP contribution in [0.1, 0.15) is 33.3 Å². The van der Waals surface area contributed by atoms with E-state index in [4.69, 9.17) is 0 Å². The summed E-state index contributed by atoms with van der Waals surface area (Å²) in [4.78, 5) is 12.4. The molecule has 0 aliphatic carbocycles. The third kappa shape index (κ3) is 7.00. The molecule has 1 rings (SSSR count). The van der Waals surface area contributed by atoms with Crippen LogP contribution >= 0.6 is 11.8 Å². The van der Waals surface area contributed by atoms with Gasteiger partial charge < -0.3 is 10.6 Å². The van der Waals surface area contributed by atoms with Gasteiger partial charge >= 0.3 is 0 Å². The number of hydrogen-bond donors (Lipinski definition) is 2. The van der Waals surface area contributed by atoms with Gasteiger partial charge in [-0.15, -0.1) is 11.8 Å². The number of amides is 1. The molecule has 0 saturated carbocycles. The first-order chi connectivity index (χ1) is 10.0. The zero-order valence-electron chi connectivity index (χ0n) is 13.6. The number of carbonyl (C=O) groups is 1. The summed E-state index contributed by atoms with van der Waals surface area (Å²) in [6.45, 7) is 9.98. The van der Waals surface area contributed by atoms with Gasteiger partial charge in [-0.3, -0.25) is 4.79 Å². The van der Waals surface area contributed by atoms with E-state index in [0.717, 1.165) is 12.3 Å². The molecular formula is C17H28N2OS. The molecule has 118 valence electrons. The highest BCUT2D eigenvalue weighted by Gasteiger charge is 2.22. The van der Waals surface area contributed by atoms with E-state index in [9.17, 15) is 4.79 Å². The smallest absolute Gasteiger partial charge is 0.233 e. The number of nitrogens with one attached hydrogen (secondary N) is 2. The van der Waals surface area contributed by atoms with Gasteiger partial charge in [0.25, 0.3) is 0 Å². The molecule has 0 aliphatic heterocycles. The maximum absolute atomic E-state index is 12.4. The Labute approximate surface area is 133 Å². The quantitative estimate of drug-likeness (QED) is 0.737. The molecule has 21 heavy (non-hydrogen) atoms. The number of carbonyl (C=O) groups excluding carboxylic acids is 1. The Morgan fingerprint density at radius 3 is 2.43 bits per heavy atom. The lowest BCUT2D eigenvalue weighted by Gasteiger charge is -2.21. The molecule has 1 aromatic rings. The minimum Gasteiger partial charge on any atom is -0.354 e. The highest BCUT2D eigenvalue weighted by Crippen LogP contribution is 2.23. The highest BCUT2D eigenvalue weighted by atomic mass is 32.2. The molecule has 0 saturated heterocycles. The lowest BCUT2D eigenvalue weighted by molar-refractivity contribution is -0.121. The topological polar surface area (TPSA) is 41.1 Å². The van der Waals surface area contributed by atoms with Crippen molar-refractivity contribution in [3.63, 3.8) is 0 Å². The molecule has 2 N–H and O–H groups in total. The molecule has 2 atom stereocenters. The Hall–Kier alpha value is -1.00. The van der Waals surface area contributed by atoms with Crippen LogP contribution in [-0.4, -0.2) is 30.3 Å². The average molecular weight is 308 g/mol. The molecule has 3 nitrogen and oxygen atoms in total. The normalized spacial score (nSPS) is 14.0. The van der Waals surface area contributed by atoms with E-state index in [1.807, 2.05) is 18.2 Å². The van der Waals surface area contributed by atoms with E-state index in [2.05, 4.69) is 50.5 Å². The first-order valence-corrected chi connectivity index (χ1v) is 8.76. The molecule has 0 bridgehead atoms. The van der Waals surface area contributed by atoms with Gasteiger partial charge in [0, 0.05) is 18.3 Å². The van der Waals surface area contributed by atoms with Crippen LogP contribution in [0.2, 0.25) is 0 Å². The van der Waals surface area contributed by atoms with Crippen LogP contribution in [0.5, 0.6) is 0 Å². The highest BCUT2D eigenvalue weighted by molar-refractivity contribution is 7.99. The average Bonchev–Trinajstić information content (AvgIpc) is 2.46. The Kier molecular flexibility index (Phi) is 8.47. The molecule has 0 fully saturated rings. The monoisotopic (exact) mass is 308 g/mol. The number of likely N-dealkylation sites (N-methyl/N-ethyl adjacent to an activating group) is 1. The summed E-state index contributed by atoms with van der Waals surface area (Å²) in [5, 5.41) is 6.37. The van der Waals surface area contributed by atoms with Gasteiger partial charge in [0.2, 0.25) is 5.91 Å². The standard InChI is InChI=1S/C17H28N2OS/c1-5-18-14(4)11-19-17(20)16(13(2)3)21-12-15-9-7-6-8-10-15/h6-10,13-14,16,18H,5,11-12H2,1-4H3,(H,19,20)/t14-,16?/m1/s1. The van der Waals surface area contributed by atoms with Gasteiger partial charge in [-0.25, -0.2) is 0 Å². The number of hydrogen-bond acceptors (Lipinski definition) is 3. The minimum atomic E-state index is -0.000896. The van der Waals surface area contributed by atoms with E-state index in [1.165, 1.54) is 5.56 Å². The van der Waals surface area contributed by atoms with Crippen LogP contribution in [0.3, 0.4) is 0 Å². The molecule has 0 heterocycles. The lowest BCUT2D eigenvalue weighted by Crippen LogP contribution is -2.43. The molecule has 0 aromatic heterocycles. The van der Waals surface area contributed by atoms with Gasteiger partial charge in [-0.2, -0.15) is 0 Å². The van der Waals surface area contributed by atoms with Crippen molar-refractivity contribution < 1.29 is 4.79 Å². The third-order valence-electron chi connectivity index (χ3n) is 3.27. The van der Waals surface area contributed by atoms with Crippen molar-refractivity contribution >= 4 is 17.7 Å². The molecule has 0 spiro atoms. The maximum atomic E-state index is 12.4. The molecule has 0 radical (unpaired) electrons. The van der Waals surface area contributed by atoms with Crippen LogP contribution in [0.4, 0.5) is 0 Å². The second-order valence-electron chi connectivity index (χ2n) is 5.67. The Bertz CT molecular complexity index is 409. The number of thioether (sulfide) groups is 1. The summed E-state index contributed by atoms with van der Waals surface area (Å²) >= 11 is 1.72. The zero-order chi connectivity index (χ0) is 15.7. The molecule has 1 unspecified atom stereocenters. The maximum Gasteiger partial charge on any atom is 0.233 e. The summed E-state index contributed by atoms with van der Waals surface area (Å²) < 4.78 is 0. The van der Waals surface area contributed by atoms with Gasteiger partial charge in [-0.1, -0.05) is 51.1 Å². The third-order valence-corrected chi connectivity index (χ3v) is 4.89. The van der Waals surface area contributed by atoms with Crippen LogP contribution in [-0.2, 0) is 10.5 Å². The summed E-state index contributed by atoms with van der Waals surface area (Å²) in [5.74, 6) is 1.35. The van der Waals surface area contributed by atoms with Crippen LogP contribution in [0, 0.1) is 5.92 Å². The van der Waals surface area contributed by atoms with Crippen molar-refractivity contribution in [2.75, 3.05) is 13.1 Å². The fourth-order valence-corrected chi connectivity index (χ4v) is 3.29. The summed E-state index contributed by atoms with van der Waals surface area (Å²) in [6, 6.07) is 10.6. The molecule has 1 aromatic carbocycles. The predicted molar refractivity (Wildman–Crippen MR) is 92.5 cm³/mol. The Morgan fingerprint density at radius 2 is 1.86 bits per heavy atom. The summed E-state index contributed by atoms with van der Waals surface area (Å²) in [6.07, 6.45) is 0. The first kappa shape index (κ1) is 18.1. The number of benzene rings is 1. The predicted octanol–water partition coefficient (Wildman–Crippen LogP) is 3.06. The van der Waals surface area contributed by atoms with E-state index >= 15 is 0 Å². The van der Waals surface area contributed by atoms with Gasteiger partial charge in [0.15, 0.2) is 0 Å². The minimum absolute atomic E-state index is 0.000896. The molecule has 4 heteroatoms. The van der Waals surface area contributed by atoms with Crippen LogP contribution < -0.4 is 10.6 Å². The van der Waals surface area contributed by atoms with Crippen molar-refractivity contribution in [3.05, 3.63) is 35.9 Å². The number of rotatable bonds is 9. The van der Waals surface area contributed by atoms with Crippen molar-refractivity contribution in [1.29, 1.82) is 0 Å². The fraction of sp³-hybridized carbons (Fsp3) is 0.588. The fourth-order valence-electron chi connectivity index (χ4n) is 2.11. The van der Waals surface area contributed by atoms with Gasteiger partial charge in [0.1, 0.15) is 0 Å². The van der Waals surface area contributed by atoms with Gasteiger partial charge in [-0.05, 0) is 24.9 Å². The Morgan fingerprint density at radius 1 is 1.19 bits per heavy atom. The van der Waals surface area contributed by atoms with E-state index in [-0.39, 0.29) is 11.2 Å². The van der Waals surface area contributed by atoms with Crippen molar-refractivity contribution in [1.82, 2.24) is 10.6 Å². The van der Waals surface area contributed by atoms with Crippen molar-refractivity contribution in [2.24, 2.45) is 5.92 Å². The van der Waals surface area contributed by atoms with Crippen LogP contribution in [0.15, 0.2) is 30.3 Å². The SMILES string of the molecule is CCN[C@H](C)CNC(=O)C(SCc1ccccc1)C(C)C. The van der Waals surface area contributed by atoms with Crippen molar-refractivity contribution in [3.8, 4) is 0 Å². The van der Waals surface area contributed by atoms with E-state index in [0.29, 0.717) is 18.5 Å². The second kappa shape index (κ2) is 9.85. The zero-order valence-corrected chi connectivity index (χ0v) is 14.4. The van der Waals surface area contributed by atoms with Crippen LogP contribution in [0.25, 0.3) is 0 Å². The second-order valence-corrected chi connectivity index (χ2v) is 6.79. The molecule has 0 aliphatic rings. The first-order valence-electron chi connectivity index (χ1n) is 7.71. The van der Waals surface area contributed by atoms with Gasteiger partial charge in [0.05, 0.1) is 5.25 Å². The molecular weight excluding hydrogens is 280 g/mol. The summed E-state index contributed by atoms with van der Waals surface area (Å²) in [7, 11) is 0. The summed E-state index contributed by atoms with van der Waals surface area (Å²) in [5.41, 5.74) is 1.27. The lowest BCUT2D eigenvalue weighted by atomic mass is 10.1.